The van der Waals surface area contributed by atoms with E-state index in [1.807, 2.05) is 6.07 Å². The highest BCUT2D eigenvalue weighted by Crippen LogP contribution is 2.09. The van der Waals surface area contributed by atoms with Crippen LogP contribution in [0.4, 0.5) is 0 Å². The van der Waals surface area contributed by atoms with Gasteiger partial charge in [-0.15, -0.1) is 0 Å². The fourth-order valence-corrected chi connectivity index (χ4v) is 1.79. The maximum Gasteiger partial charge on any atom is 0.224 e. The van der Waals surface area contributed by atoms with E-state index in [4.69, 9.17) is 0 Å². The first-order chi connectivity index (χ1) is 7.36. The van der Waals surface area contributed by atoms with Crippen molar-refractivity contribution < 1.29 is 4.79 Å². The summed E-state index contributed by atoms with van der Waals surface area (Å²) < 4.78 is 0. The number of rotatable bonds is 3. The molecule has 0 aromatic carbocycles. The molecule has 5 nitrogen and oxygen atoms in total. The maximum absolute atomic E-state index is 11.7. The van der Waals surface area contributed by atoms with Crippen LogP contribution in [0.2, 0.25) is 0 Å². The van der Waals surface area contributed by atoms with Crippen molar-refractivity contribution in [1.82, 2.24) is 20.8 Å². The van der Waals surface area contributed by atoms with E-state index in [2.05, 4.69) is 20.8 Å². The number of aromatic nitrogens is 2. The van der Waals surface area contributed by atoms with Gasteiger partial charge in [-0.05, 0) is 25.5 Å². The molecule has 1 aliphatic heterocycles. The molecule has 2 heterocycles. The van der Waals surface area contributed by atoms with Crippen LogP contribution in [0.1, 0.15) is 18.5 Å². The number of piperidine rings is 1. The molecule has 1 aliphatic rings. The van der Waals surface area contributed by atoms with Gasteiger partial charge in [-0.1, -0.05) is 0 Å². The molecule has 82 valence electrons. The summed E-state index contributed by atoms with van der Waals surface area (Å²) in [6, 6.07) is 1.86. The molecule has 3 N–H and O–H groups in total. The second-order valence-corrected chi connectivity index (χ2v) is 3.84. The molecule has 1 amide bonds. The van der Waals surface area contributed by atoms with Crippen LogP contribution in [0.3, 0.4) is 0 Å². The SMILES string of the molecule is O=C(NCc1ccn[nH]1)[C@@H]1CCCNC1. The minimum atomic E-state index is 0.127. The molecule has 0 bridgehead atoms. The summed E-state index contributed by atoms with van der Waals surface area (Å²) in [5.74, 6) is 0.262. The number of nitrogens with one attached hydrogen (secondary N) is 3. The molecule has 1 saturated heterocycles. The fraction of sp³-hybridized carbons (Fsp3) is 0.600. The zero-order valence-electron chi connectivity index (χ0n) is 8.62. The Bertz CT molecular complexity index is 303. The third-order valence-electron chi connectivity index (χ3n) is 2.68. The molecular formula is C10H16N4O. The van der Waals surface area contributed by atoms with Crippen molar-refractivity contribution in [3.8, 4) is 0 Å². The standard InChI is InChI=1S/C10H16N4O/c15-10(8-2-1-4-11-6-8)12-7-9-3-5-13-14-9/h3,5,8,11H,1-2,4,6-7H2,(H,12,15)(H,13,14)/t8-/m1/s1. The Morgan fingerprint density at radius 2 is 2.60 bits per heavy atom. The maximum atomic E-state index is 11.7. The Kier molecular flexibility index (Phi) is 3.34. The molecule has 0 spiro atoms. The molecule has 0 aliphatic carbocycles. The van der Waals surface area contributed by atoms with Crippen molar-refractivity contribution >= 4 is 5.91 Å². The lowest BCUT2D eigenvalue weighted by molar-refractivity contribution is -0.125. The molecule has 1 atom stereocenters. The zero-order valence-corrected chi connectivity index (χ0v) is 8.62. The van der Waals surface area contributed by atoms with E-state index in [1.165, 1.54) is 0 Å². The van der Waals surface area contributed by atoms with Gasteiger partial charge in [0, 0.05) is 12.7 Å². The van der Waals surface area contributed by atoms with Crippen molar-refractivity contribution in [1.29, 1.82) is 0 Å². The van der Waals surface area contributed by atoms with E-state index in [1.54, 1.807) is 6.20 Å². The lowest BCUT2D eigenvalue weighted by Gasteiger charge is -2.21. The predicted octanol–water partition coefficient (Wildman–Crippen LogP) is 0.0255. The number of aromatic amines is 1. The van der Waals surface area contributed by atoms with Crippen molar-refractivity contribution in [2.24, 2.45) is 5.92 Å². The van der Waals surface area contributed by atoms with E-state index in [0.29, 0.717) is 6.54 Å². The Morgan fingerprint density at radius 1 is 1.67 bits per heavy atom. The Morgan fingerprint density at radius 3 is 3.27 bits per heavy atom. The number of hydrogen-bond donors (Lipinski definition) is 3. The molecule has 1 aromatic heterocycles. The van der Waals surface area contributed by atoms with Crippen LogP contribution in [0.25, 0.3) is 0 Å². The van der Waals surface area contributed by atoms with Gasteiger partial charge in [-0.3, -0.25) is 9.89 Å². The summed E-state index contributed by atoms with van der Waals surface area (Å²) in [4.78, 5) is 11.7. The summed E-state index contributed by atoms with van der Waals surface area (Å²) in [6.45, 7) is 2.37. The minimum absolute atomic E-state index is 0.127. The lowest BCUT2D eigenvalue weighted by Crippen LogP contribution is -2.40. The zero-order chi connectivity index (χ0) is 10.5. The third-order valence-corrected chi connectivity index (χ3v) is 2.68. The minimum Gasteiger partial charge on any atom is -0.350 e. The lowest BCUT2D eigenvalue weighted by atomic mass is 9.99. The molecule has 15 heavy (non-hydrogen) atoms. The van der Waals surface area contributed by atoms with Crippen LogP contribution in [0, 0.1) is 5.92 Å². The van der Waals surface area contributed by atoms with E-state index in [0.717, 1.165) is 31.6 Å². The molecule has 0 unspecified atom stereocenters. The summed E-state index contributed by atoms with van der Waals surface area (Å²) in [5, 5.41) is 12.8. The molecule has 1 aromatic rings. The van der Waals surface area contributed by atoms with Crippen LogP contribution in [-0.4, -0.2) is 29.2 Å². The van der Waals surface area contributed by atoms with Gasteiger partial charge in [0.15, 0.2) is 0 Å². The van der Waals surface area contributed by atoms with Gasteiger partial charge >= 0.3 is 0 Å². The Labute approximate surface area is 88.6 Å². The summed E-state index contributed by atoms with van der Waals surface area (Å²) in [5.41, 5.74) is 0.937. The molecule has 0 radical (unpaired) electrons. The van der Waals surface area contributed by atoms with E-state index < -0.39 is 0 Å². The number of nitrogens with zero attached hydrogens (tertiary/aromatic N) is 1. The topological polar surface area (TPSA) is 69.8 Å². The first-order valence-corrected chi connectivity index (χ1v) is 5.33. The van der Waals surface area contributed by atoms with Crippen LogP contribution in [0.5, 0.6) is 0 Å². The van der Waals surface area contributed by atoms with Crippen molar-refractivity contribution in [3.05, 3.63) is 18.0 Å². The second kappa shape index (κ2) is 4.93. The molecule has 0 saturated carbocycles. The van der Waals surface area contributed by atoms with Gasteiger partial charge < -0.3 is 10.6 Å². The summed E-state index contributed by atoms with van der Waals surface area (Å²) in [7, 11) is 0. The quantitative estimate of drug-likeness (QED) is 0.656. The van der Waals surface area contributed by atoms with Crippen LogP contribution in [0.15, 0.2) is 12.3 Å². The van der Waals surface area contributed by atoms with Crippen molar-refractivity contribution in [2.75, 3.05) is 13.1 Å². The summed E-state index contributed by atoms with van der Waals surface area (Å²) >= 11 is 0. The molecular weight excluding hydrogens is 192 g/mol. The van der Waals surface area contributed by atoms with Crippen molar-refractivity contribution in [3.63, 3.8) is 0 Å². The normalized spacial score (nSPS) is 21.2. The molecule has 2 rings (SSSR count). The van der Waals surface area contributed by atoms with Crippen LogP contribution >= 0.6 is 0 Å². The number of carbonyl (C=O) groups excluding carboxylic acids is 1. The number of carbonyl (C=O) groups is 1. The van der Waals surface area contributed by atoms with Gasteiger partial charge in [-0.2, -0.15) is 5.10 Å². The number of amides is 1. The average Bonchev–Trinajstić information content (AvgIpc) is 2.80. The summed E-state index contributed by atoms with van der Waals surface area (Å²) in [6.07, 6.45) is 3.76. The molecule has 5 heteroatoms. The van der Waals surface area contributed by atoms with Gasteiger partial charge in [0.05, 0.1) is 18.2 Å². The first kappa shape index (κ1) is 10.2. The first-order valence-electron chi connectivity index (χ1n) is 5.33. The highest BCUT2D eigenvalue weighted by Gasteiger charge is 2.20. The van der Waals surface area contributed by atoms with Crippen LogP contribution in [-0.2, 0) is 11.3 Å². The average molecular weight is 208 g/mol. The van der Waals surface area contributed by atoms with Crippen LogP contribution < -0.4 is 10.6 Å². The monoisotopic (exact) mass is 208 g/mol. The fourth-order valence-electron chi connectivity index (χ4n) is 1.79. The highest BCUT2D eigenvalue weighted by molar-refractivity contribution is 5.78. The Balaban J connectivity index is 1.76. The third kappa shape index (κ3) is 2.79. The van der Waals surface area contributed by atoms with Crippen molar-refractivity contribution in [2.45, 2.75) is 19.4 Å². The molecule has 1 fully saturated rings. The van der Waals surface area contributed by atoms with Gasteiger partial charge in [0.25, 0.3) is 0 Å². The number of hydrogen-bond acceptors (Lipinski definition) is 3. The van der Waals surface area contributed by atoms with Gasteiger partial charge in [0.1, 0.15) is 0 Å². The van der Waals surface area contributed by atoms with E-state index in [9.17, 15) is 4.79 Å². The second-order valence-electron chi connectivity index (χ2n) is 3.84. The highest BCUT2D eigenvalue weighted by atomic mass is 16.1. The Hall–Kier alpha value is -1.36. The predicted molar refractivity (Wildman–Crippen MR) is 56.0 cm³/mol. The van der Waals surface area contributed by atoms with Gasteiger partial charge in [-0.25, -0.2) is 0 Å². The van der Waals surface area contributed by atoms with E-state index >= 15 is 0 Å². The van der Waals surface area contributed by atoms with Gasteiger partial charge in [0.2, 0.25) is 5.91 Å². The smallest absolute Gasteiger partial charge is 0.224 e. The largest absolute Gasteiger partial charge is 0.350 e. The van der Waals surface area contributed by atoms with E-state index in [-0.39, 0.29) is 11.8 Å². The number of H-pyrrole nitrogens is 1.